The number of hydrogen-bond acceptors (Lipinski definition) is 3. The first-order chi connectivity index (χ1) is 11.8. The van der Waals surface area contributed by atoms with E-state index < -0.39 is 17.6 Å². The normalized spacial score (nSPS) is 13.3. The molecule has 2 aromatic carbocycles. The van der Waals surface area contributed by atoms with Crippen molar-refractivity contribution in [2.75, 3.05) is 12.1 Å². The summed E-state index contributed by atoms with van der Waals surface area (Å²) in [5.41, 5.74) is -0.728. The van der Waals surface area contributed by atoms with Crippen LogP contribution in [0.2, 0.25) is 5.02 Å². The smallest absolute Gasteiger partial charge is 0.418 e. The molecule has 0 unspecified atom stereocenters. The SMILES string of the molecule is O=C(/C=C/c1ccc2c(c1)OCO2)Nc1ccc(Cl)cc1C(F)(F)F. The zero-order chi connectivity index (χ0) is 18.0. The summed E-state index contributed by atoms with van der Waals surface area (Å²) in [6, 6.07) is 8.18. The molecule has 1 amide bonds. The van der Waals surface area contributed by atoms with Crippen LogP contribution in [-0.4, -0.2) is 12.7 Å². The molecule has 25 heavy (non-hydrogen) atoms. The summed E-state index contributed by atoms with van der Waals surface area (Å²) in [5, 5.41) is 2.14. The number of alkyl halides is 3. The topological polar surface area (TPSA) is 47.6 Å². The van der Waals surface area contributed by atoms with Crippen LogP contribution < -0.4 is 14.8 Å². The van der Waals surface area contributed by atoms with Crippen LogP contribution in [0.25, 0.3) is 6.08 Å². The molecule has 0 radical (unpaired) electrons. The van der Waals surface area contributed by atoms with E-state index in [1.165, 1.54) is 12.1 Å². The standard InChI is InChI=1S/C17H11ClF3NO3/c18-11-3-4-13(12(8-11)17(19,20)21)22-16(23)6-2-10-1-5-14-15(7-10)25-9-24-14/h1-8H,9H2,(H,22,23)/b6-2+. The van der Waals surface area contributed by atoms with Crippen molar-refractivity contribution in [2.45, 2.75) is 6.18 Å². The van der Waals surface area contributed by atoms with Crippen molar-refractivity contribution in [2.24, 2.45) is 0 Å². The molecule has 0 spiro atoms. The maximum Gasteiger partial charge on any atom is 0.418 e. The number of nitrogens with one attached hydrogen (secondary N) is 1. The van der Waals surface area contributed by atoms with Gasteiger partial charge in [-0.05, 0) is 42.0 Å². The van der Waals surface area contributed by atoms with Gasteiger partial charge in [-0.15, -0.1) is 0 Å². The van der Waals surface area contributed by atoms with Gasteiger partial charge in [0, 0.05) is 11.1 Å². The minimum absolute atomic E-state index is 0.0683. The fraction of sp³-hybridized carbons (Fsp3) is 0.118. The van der Waals surface area contributed by atoms with Gasteiger partial charge in [0.1, 0.15) is 0 Å². The molecule has 0 saturated heterocycles. The molecule has 8 heteroatoms. The molecule has 2 aromatic rings. The minimum atomic E-state index is -4.63. The third-order valence-electron chi connectivity index (χ3n) is 3.37. The van der Waals surface area contributed by atoms with E-state index in [0.717, 1.165) is 18.2 Å². The Bertz CT molecular complexity index is 850. The van der Waals surface area contributed by atoms with Crippen molar-refractivity contribution in [3.05, 3.63) is 58.6 Å². The van der Waals surface area contributed by atoms with E-state index in [-0.39, 0.29) is 17.5 Å². The number of rotatable bonds is 3. The highest BCUT2D eigenvalue weighted by atomic mass is 35.5. The summed E-state index contributed by atoms with van der Waals surface area (Å²) in [6.45, 7) is 0.125. The Morgan fingerprint density at radius 3 is 2.64 bits per heavy atom. The highest BCUT2D eigenvalue weighted by molar-refractivity contribution is 6.30. The fourth-order valence-electron chi connectivity index (χ4n) is 2.22. The quantitative estimate of drug-likeness (QED) is 0.795. The Labute approximate surface area is 145 Å². The van der Waals surface area contributed by atoms with Crippen LogP contribution >= 0.6 is 11.6 Å². The number of hydrogen-bond donors (Lipinski definition) is 1. The summed E-state index contributed by atoms with van der Waals surface area (Å²) in [6.07, 6.45) is -2.04. The van der Waals surface area contributed by atoms with Crippen LogP contribution in [0.15, 0.2) is 42.5 Å². The van der Waals surface area contributed by atoms with E-state index in [1.54, 1.807) is 18.2 Å². The molecule has 1 aliphatic heterocycles. The van der Waals surface area contributed by atoms with Gasteiger partial charge in [0.2, 0.25) is 12.7 Å². The van der Waals surface area contributed by atoms with Gasteiger partial charge >= 0.3 is 6.18 Å². The summed E-state index contributed by atoms with van der Waals surface area (Å²) in [7, 11) is 0. The molecule has 0 atom stereocenters. The number of anilines is 1. The summed E-state index contributed by atoms with van der Waals surface area (Å²) in [4.78, 5) is 11.9. The Hall–Kier alpha value is -2.67. The van der Waals surface area contributed by atoms with Gasteiger partial charge in [0.25, 0.3) is 0 Å². The van der Waals surface area contributed by atoms with Crippen LogP contribution in [0.1, 0.15) is 11.1 Å². The lowest BCUT2D eigenvalue weighted by atomic mass is 10.1. The van der Waals surface area contributed by atoms with E-state index in [1.807, 2.05) is 0 Å². The lowest BCUT2D eigenvalue weighted by Crippen LogP contribution is -2.14. The Morgan fingerprint density at radius 2 is 1.88 bits per heavy atom. The average molecular weight is 370 g/mol. The number of carbonyl (C=O) groups is 1. The van der Waals surface area contributed by atoms with Crippen LogP contribution in [0.4, 0.5) is 18.9 Å². The van der Waals surface area contributed by atoms with Crippen LogP contribution in [-0.2, 0) is 11.0 Å². The van der Waals surface area contributed by atoms with Gasteiger partial charge in [0.05, 0.1) is 11.3 Å². The second-order valence-electron chi connectivity index (χ2n) is 5.12. The first-order valence-corrected chi connectivity index (χ1v) is 7.46. The van der Waals surface area contributed by atoms with Crippen molar-refractivity contribution < 1.29 is 27.4 Å². The van der Waals surface area contributed by atoms with E-state index in [2.05, 4.69) is 5.32 Å². The average Bonchev–Trinajstić information content (AvgIpc) is 3.01. The zero-order valence-electron chi connectivity index (χ0n) is 12.6. The molecule has 0 fully saturated rings. The zero-order valence-corrected chi connectivity index (χ0v) is 13.3. The molecule has 0 aliphatic carbocycles. The first-order valence-electron chi connectivity index (χ1n) is 7.08. The number of amides is 1. The lowest BCUT2D eigenvalue weighted by molar-refractivity contribution is -0.136. The van der Waals surface area contributed by atoms with E-state index in [9.17, 15) is 18.0 Å². The van der Waals surface area contributed by atoms with Crippen molar-refractivity contribution in [3.8, 4) is 11.5 Å². The van der Waals surface area contributed by atoms with E-state index >= 15 is 0 Å². The third-order valence-corrected chi connectivity index (χ3v) is 3.60. The lowest BCUT2D eigenvalue weighted by Gasteiger charge is -2.13. The molecule has 3 rings (SSSR count). The van der Waals surface area contributed by atoms with Gasteiger partial charge in [-0.25, -0.2) is 0 Å². The highest BCUT2D eigenvalue weighted by Gasteiger charge is 2.34. The molecule has 0 bridgehead atoms. The van der Waals surface area contributed by atoms with Crippen molar-refractivity contribution >= 4 is 29.3 Å². The largest absolute Gasteiger partial charge is 0.454 e. The van der Waals surface area contributed by atoms with E-state index in [4.69, 9.17) is 21.1 Å². The highest BCUT2D eigenvalue weighted by Crippen LogP contribution is 2.36. The maximum atomic E-state index is 13.0. The second kappa shape index (κ2) is 6.68. The van der Waals surface area contributed by atoms with Crippen LogP contribution in [0, 0.1) is 0 Å². The molecule has 0 saturated carbocycles. The van der Waals surface area contributed by atoms with Crippen LogP contribution in [0.5, 0.6) is 11.5 Å². The van der Waals surface area contributed by atoms with Crippen molar-refractivity contribution in [3.63, 3.8) is 0 Å². The second-order valence-corrected chi connectivity index (χ2v) is 5.56. The van der Waals surface area contributed by atoms with Gasteiger partial charge in [-0.2, -0.15) is 13.2 Å². The Morgan fingerprint density at radius 1 is 1.12 bits per heavy atom. The minimum Gasteiger partial charge on any atom is -0.454 e. The van der Waals surface area contributed by atoms with Crippen LogP contribution in [0.3, 0.4) is 0 Å². The number of fused-ring (bicyclic) bond motifs is 1. The predicted molar refractivity (Wildman–Crippen MR) is 86.7 cm³/mol. The Kier molecular flexibility index (Phi) is 4.59. The maximum absolute atomic E-state index is 13.0. The van der Waals surface area contributed by atoms with Gasteiger partial charge in [-0.1, -0.05) is 17.7 Å². The summed E-state index contributed by atoms with van der Waals surface area (Å²) in [5.74, 6) is 0.433. The predicted octanol–water partition coefficient (Wildman–Crippen LogP) is 4.74. The van der Waals surface area contributed by atoms with Gasteiger partial charge in [0.15, 0.2) is 11.5 Å². The van der Waals surface area contributed by atoms with Gasteiger partial charge < -0.3 is 14.8 Å². The molecule has 1 N–H and O–H groups in total. The number of halogens is 4. The van der Waals surface area contributed by atoms with Gasteiger partial charge in [-0.3, -0.25) is 4.79 Å². The number of benzene rings is 2. The molecule has 0 aromatic heterocycles. The molecule has 1 heterocycles. The molecule has 130 valence electrons. The number of ether oxygens (including phenoxy) is 2. The third kappa shape index (κ3) is 4.06. The van der Waals surface area contributed by atoms with E-state index in [0.29, 0.717) is 17.1 Å². The fourth-order valence-corrected chi connectivity index (χ4v) is 2.40. The molecule has 1 aliphatic rings. The molecular formula is C17H11ClF3NO3. The summed E-state index contributed by atoms with van der Waals surface area (Å²) < 4.78 is 49.4. The molecular weight excluding hydrogens is 359 g/mol. The van der Waals surface area contributed by atoms with Crippen molar-refractivity contribution in [1.82, 2.24) is 0 Å². The Balaban J connectivity index is 1.75. The summed E-state index contributed by atoms with van der Waals surface area (Å²) >= 11 is 5.60. The van der Waals surface area contributed by atoms with Crippen molar-refractivity contribution in [1.29, 1.82) is 0 Å². The first kappa shape index (κ1) is 17.2. The number of carbonyl (C=O) groups excluding carboxylic acids is 1. The molecule has 4 nitrogen and oxygen atoms in total. The monoisotopic (exact) mass is 369 g/mol.